The van der Waals surface area contributed by atoms with Crippen molar-refractivity contribution in [3.8, 4) is 5.75 Å². The molecule has 0 spiro atoms. The number of ether oxygens (including phenoxy) is 2. The molecular formula is C27H32N4O4S2. The monoisotopic (exact) mass is 540 g/mol. The Balaban J connectivity index is 1.44. The number of carbonyl (C=O) groups excluding carboxylic acids is 2. The maximum absolute atomic E-state index is 12.9. The van der Waals surface area contributed by atoms with Gasteiger partial charge < -0.3 is 14.8 Å². The van der Waals surface area contributed by atoms with Gasteiger partial charge in [-0.3, -0.25) is 9.36 Å². The summed E-state index contributed by atoms with van der Waals surface area (Å²) in [6.45, 7) is 10.8. The molecule has 0 fully saturated rings. The molecule has 2 heterocycles. The number of anilines is 1. The fourth-order valence-electron chi connectivity index (χ4n) is 4.26. The Labute approximate surface area is 225 Å². The predicted molar refractivity (Wildman–Crippen MR) is 147 cm³/mol. The van der Waals surface area contributed by atoms with Crippen LogP contribution in [-0.2, 0) is 35.5 Å². The third-order valence-electron chi connectivity index (χ3n) is 6.13. The molecule has 1 aliphatic rings. The number of hydrogen-bond donors (Lipinski definition) is 1. The lowest BCUT2D eigenvalue weighted by atomic mass is 9.88. The van der Waals surface area contributed by atoms with Crippen LogP contribution in [0.25, 0.3) is 0 Å². The van der Waals surface area contributed by atoms with Crippen molar-refractivity contribution in [2.24, 2.45) is 5.92 Å². The van der Waals surface area contributed by atoms with Gasteiger partial charge in [-0.1, -0.05) is 43.0 Å². The van der Waals surface area contributed by atoms with Gasteiger partial charge in [-0.05, 0) is 56.2 Å². The van der Waals surface area contributed by atoms with E-state index in [0.29, 0.717) is 34.0 Å². The van der Waals surface area contributed by atoms with Crippen molar-refractivity contribution in [3.63, 3.8) is 0 Å². The first-order valence-corrected chi connectivity index (χ1v) is 14.2. The van der Waals surface area contributed by atoms with E-state index in [1.165, 1.54) is 23.1 Å². The minimum atomic E-state index is -0.374. The van der Waals surface area contributed by atoms with Crippen LogP contribution in [0, 0.1) is 12.8 Å². The Bertz CT molecular complexity index is 1280. The second kappa shape index (κ2) is 12.4. The van der Waals surface area contributed by atoms with Crippen molar-refractivity contribution in [1.82, 2.24) is 14.8 Å². The third kappa shape index (κ3) is 6.42. The highest BCUT2D eigenvalue weighted by molar-refractivity contribution is 7.99. The van der Waals surface area contributed by atoms with E-state index in [-0.39, 0.29) is 30.8 Å². The van der Waals surface area contributed by atoms with Crippen molar-refractivity contribution in [3.05, 3.63) is 64.3 Å². The molecule has 1 aliphatic carbocycles. The van der Waals surface area contributed by atoms with Gasteiger partial charge in [-0.15, -0.1) is 28.1 Å². The maximum atomic E-state index is 12.9. The fourth-order valence-corrected chi connectivity index (χ4v) is 6.44. The molecule has 0 saturated carbocycles. The lowest BCUT2D eigenvalue weighted by Crippen LogP contribution is -2.18. The molecule has 1 aromatic carbocycles. The molecule has 0 radical (unpaired) electrons. The first-order chi connectivity index (χ1) is 17.9. The number of rotatable bonds is 11. The SMILES string of the molecule is C=CCn1c(COc2ccccc2C)nnc1SCC(=O)Nc1sc2c(c1C(=O)OCC)CCC(C)C2. The number of para-hydroxylation sites is 1. The number of carbonyl (C=O) groups is 2. The van der Waals surface area contributed by atoms with Crippen LogP contribution in [-0.4, -0.2) is 39.0 Å². The molecule has 0 bridgehead atoms. The van der Waals surface area contributed by atoms with Crippen LogP contribution in [0.4, 0.5) is 5.00 Å². The normalized spacial score (nSPS) is 14.6. The molecule has 37 heavy (non-hydrogen) atoms. The molecule has 1 atom stereocenters. The number of aromatic nitrogens is 3. The van der Waals surface area contributed by atoms with Crippen LogP contribution in [0.2, 0.25) is 0 Å². The predicted octanol–water partition coefficient (Wildman–Crippen LogP) is 5.45. The van der Waals surface area contributed by atoms with Gasteiger partial charge in [0, 0.05) is 11.4 Å². The summed E-state index contributed by atoms with van der Waals surface area (Å²) in [6, 6.07) is 7.79. The summed E-state index contributed by atoms with van der Waals surface area (Å²) in [6.07, 6.45) is 4.51. The van der Waals surface area contributed by atoms with E-state index in [1.807, 2.05) is 35.8 Å². The van der Waals surface area contributed by atoms with E-state index in [2.05, 4.69) is 29.0 Å². The van der Waals surface area contributed by atoms with Gasteiger partial charge in [0.25, 0.3) is 0 Å². The number of thioether (sulfide) groups is 1. The molecular weight excluding hydrogens is 508 g/mol. The molecule has 4 rings (SSSR count). The third-order valence-corrected chi connectivity index (χ3v) is 8.27. The Morgan fingerprint density at radius 3 is 2.89 bits per heavy atom. The quantitative estimate of drug-likeness (QED) is 0.196. The van der Waals surface area contributed by atoms with E-state index in [1.54, 1.807) is 13.0 Å². The molecule has 1 unspecified atom stereocenters. The van der Waals surface area contributed by atoms with E-state index in [4.69, 9.17) is 9.47 Å². The van der Waals surface area contributed by atoms with E-state index in [9.17, 15) is 9.59 Å². The number of nitrogens with one attached hydrogen (secondary N) is 1. The largest absolute Gasteiger partial charge is 0.485 e. The second-order valence-corrected chi connectivity index (χ2v) is 11.0. The minimum Gasteiger partial charge on any atom is -0.485 e. The zero-order valence-corrected chi connectivity index (χ0v) is 23.0. The summed E-state index contributed by atoms with van der Waals surface area (Å²) >= 11 is 2.77. The molecule has 1 N–H and O–H groups in total. The van der Waals surface area contributed by atoms with Gasteiger partial charge in [-0.25, -0.2) is 4.79 Å². The highest BCUT2D eigenvalue weighted by Crippen LogP contribution is 2.40. The van der Waals surface area contributed by atoms with Crippen LogP contribution in [0.15, 0.2) is 42.1 Å². The zero-order chi connectivity index (χ0) is 26.4. The van der Waals surface area contributed by atoms with Crippen LogP contribution >= 0.6 is 23.1 Å². The molecule has 10 heteroatoms. The first-order valence-electron chi connectivity index (χ1n) is 12.4. The van der Waals surface area contributed by atoms with Gasteiger partial charge >= 0.3 is 5.97 Å². The van der Waals surface area contributed by atoms with Gasteiger partial charge in [0.05, 0.1) is 17.9 Å². The topological polar surface area (TPSA) is 95.3 Å². The van der Waals surface area contributed by atoms with Gasteiger partial charge in [0.2, 0.25) is 5.91 Å². The van der Waals surface area contributed by atoms with Crippen molar-refractivity contribution in [2.75, 3.05) is 17.7 Å². The first kappa shape index (κ1) is 26.9. The van der Waals surface area contributed by atoms with E-state index >= 15 is 0 Å². The number of benzene rings is 1. The van der Waals surface area contributed by atoms with Crippen molar-refractivity contribution in [2.45, 2.75) is 58.3 Å². The average molecular weight is 541 g/mol. The number of aryl methyl sites for hydroxylation is 1. The van der Waals surface area contributed by atoms with Crippen LogP contribution in [0.3, 0.4) is 0 Å². The standard InChI is InChI=1S/C27H32N4O4S2/c1-5-13-31-22(15-35-20-10-8-7-9-18(20)4)29-30-27(31)36-16-23(32)28-25-24(26(33)34-6-2)19-12-11-17(3)14-21(19)37-25/h5,7-10,17H,1,6,11-16H2,2-4H3,(H,28,32). The lowest BCUT2D eigenvalue weighted by molar-refractivity contribution is -0.113. The highest BCUT2D eigenvalue weighted by atomic mass is 32.2. The molecule has 3 aromatic rings. The number of thiophene rings is 1. The number of hydrogen-bond acceptors (Lipinski definition) is 8. The number of allylic oxidation sites excluding steroid dienone is 1. The summed E-state index contributed by atoms with van der Waals surface area (Å²) in [5, 5.41) is 12.7. The molecule has 0 saturated heterocycles. The Hall–Kier alpha value is -3.11. The molecule has 1 amide bonds. The minimum absolute atomic E-state index is 0.120. The maximum Gasteiger partial charge on any atom is 0.341 e. The van der Waals surface area contributed by atoms with Gasteiger partial charge in [0.15, 0.2) is 11.0 Å². The van der Waals surface area contributed by atoms with Crippen LogP contribution in [0.1, 0.15) is 52.5 Å². The molecule has 8 nitrogen and oxygen atoms in total. The summed E-state index contributed by atoms with van der Waals surface area (Å²) in [7, 11) is 0. The Kier molecular flexibility index (Phi) is 9.04. The Morgan fingerprint density at radius 1 is 1.32 bits per heavy atom. The van der Waals surface area contributed by atoms with E-state index < -0.39 is 0 Å². The zero-order valence-electron chi connectivity index (χ0n) is 21.4. The Morgan fingerprint density at radius 2 is 2.14 bits per heavy atom. The molecule has 0 aliphatic heterocycles. The summed E-state index contributed by atoms with van der Waals surface area (Å²) in [4.78, 5) is 26.8. The summed E-state index contributed by atoms with van der Waals surface area (Å²) in [5.41, 5.74) is 2.57. The summed E-state index contributed by atoms with van der Waals surface area (Å²) < 4.78 is 13.1. The lowest BCUT2D eigenvalue weighted by Gasteiger charge is -2.18. The molecule has 196 valence electrons. The van der Waals surface area contributed by atoms with Gasteiger partial charge in [-0.2, -0.15) is 0 Å². The van der Waals surface area contributed by atoms with E-state index in [0.717, 1.165) is 41.0 Å². The molecule has 2 aromatic heterocycles. The van der Waals surface area contributed by atoms with Crippen molar-refractivity contribution < 1.29 is 19.1 Å². The number of amides is 1. The smallest absolute Gasteiger partial charge is 0.341 e. The van der Waals surface area contributed by atoms with Crippen LogP contribution in [0.5, 0.6) is 5.75 Å². The second-order valence-electron chi connectivity index (χ2n) is 8.97. The van der Waals surface area contributed by atoms with Crippen molar-refractivity contribution in [1.29, 1.82) is 0 Å². The summed E-state index contributed by atoms with van der Waals surface area (Å²) in [5.74, 6) is 1.52. The highest BCUT2D eigenvalue weighted by Gasteiger charge is 2.29. The van der Waals surface area contributed by atoms with Crippen LogP contribution < -0.4 is 10.1 Å². The number of nitrogens with zero attached hydrogens (tertiary/aromatic N) is 3. The number of esters is 1. The fraction of sp³-hybridized carbons (Fsp3) is 0.407. The van der Waals surface area contributed by atoms with Crippen molar-refractivity contribution >= 4 is 40.0 Å². The average Bonchev–Trinajstić information content (AvgIpc) is 3.42. The number of fused-ring (bicyclic) bond motifs is 1. The van der Waals surface area contributed by atoms with Gasteiger partial charge in [0.1, 0.15) is 17.4 Å².